The number of rotatable bonds is 6. The molecule has 0 radical (unpaired) electrons. The fraction of sp³-hybridized carbons (Fsp3) is 0.750. The molecule has 2 fully saturated rings. The van der Waals surface area contributed by atoms with Gasteiger partial charge in [0.25, 0.3) is 0 Å². The van der Waals surface area contributed by atoms with Crippen molar-refractivity contribution in [2.75, 3.05) is 26.4 Å². The lowest BCUT2D eigenvalue weighted by Gasteiger charge is -2.31. The number of aryl methyl sites for hydroxylation is 1. The molecule has 2 aliphatic heterocycles. The maximum Gasteiger partial charge on any atom is 0.173 e. The quantitative estimate of drug-likeness (QED) is 0.871. The molecule has 0 aromatic carbocycles. The Labute approximate surface area is 125 Å². The summed E-state index contributed by atoms with van der Waals surface area (Å²) in [6.07, 6.45) is 5.58. The summed E-state index contributed by atoms with van der Waals surface area (Å²) in [6, 6.07) is 4.39. The first kappa shape index (κ1) is 15.0. The number of ether oxygens (including phenoxy) is 3. The van der Waals surface area contributed by atoms with Crippen LogP contribution in [0.4, 0.5) is 0 Å². The van der Waals surface area contributed by atoms with Crippen LogP contribution in [0.25, 0.3) is 0 Å². The third kappa shape index (κ3) is 4.07. The largest absolute Gasteiger partial charge is 0.469 e. The van der Waals surface area contributed by atoms with Crippen molar-refractivity contribution in [1.29, 1.82) is 0 Å². The van der Waals surface area contributed by atoms with Crippen molar-refractivity contribution in [2.45, 2.75) is 50.5 Å². The maximum absolute atomic E-state index is 6.11. The van der Waals surface area contributed by atoms with E-state index in [9.17, 15) is 0 Å². The molecule has 1 spiro atoms. The molecule has 5 nitrogen and oxygen atoms in total. The first-order valence-corrected chi connectivity index (χ1v) is 7.91. The van der Waals surface area contributed by atoms with Gasteiger partial charge in [-0.1, -0.05) is 0 Å². The molecule has 0 amide bonds. The van der Waals surface area contributed by atoms with E-state index in [1.807, 2.05) is 12.1 Å². The van der Waals surface area contributed by atoms with Crippen molar-refractivity contribution >= 4 is 0 Å². The SMILES string of the molecule is CC(CCc1ccco1)NCC1COC2(CCOCC2)O1. The monoisotopic (exact) mass is 295 g/mol. The Kier molecular flexibility index (Phi) is 4.95. The Balaban J connectivity index is 1.35. The van der Waals surface area contributed by atoms with Gasteiger partial charge >= 0.3 is 0 Å². The van der Waals surface area contributed by atoms with Crippen LogP contribution in [0.3, 0.4) is 0 Å². The minimum Gasteiger partial charge on any atom is -0.469 e. The molecule has 2 unspecified atom stereocenters. The number of hydrogen-bond acceptors (Lipinski definition) is 5. The molecule has 2 aliphatic rings. The van der Waals surface area contributed by atoms with Gasteiger partial charge in [0.1, 0.15) is 5.76 Å². The van der Waals surface area contributed by atoms with Gasteiger partial charge in [-0.05, 0) is 25.5 Å². The highest BCUT2D eigenvalue weighted by molar-refractivity contribution is 4.98. The third-order valence-corrected chi connectivity index (χ3v) is 4.27. The summed E-state index contributed by atoms with van der Waals surface area (Å²) in [4.78, 5) is 0. The predicted octanol–water partition coefficient (Wildman–Crippen LogP) is 2.11. The van der Waals surface area contributed by atoms with E-state index >= 15 is 0 Å². The van der Waals surface area contributed by atoms with E-state index in [1.54, 1.807) is 6.26 Å². The second-order valence-electron chi connectivity index (χ2n) is 6.00. The highest BCUT2D eigenvalue weighted by atomic mass is 16.7. The van der Waals surface area contributed by atoms with Gasteiger partial charge in [-0.2, -0.15) is 0 Å². The second-order valence-corrected chi connectivity index (χ2v) is 6.00. The number of hydrogen-bond donors (Lipinski definition) is 1. The van der Waals surface area contributed by atoms with Crippen LogP contribution in [0, 0.1) is 0 Å². The zero-order chi connectivity index (χ0) is 14.5. The molecule has 5 heteroatoms. The Morgan fingerprint density at radius 1 is 1.38 bits per heavy atom. The highest BCUT2D eigenvalue weighted by Crippen LogP contribution is 2.32. The maximum atomic E-state index is 6.11. The molecule has 21 heavy (non-hydrogen) atoms. The van der Waals surface area contributed by atoms with E-state index in [-0.39, 0.29) is 11.9 Å². The van der Waals surface area contributed by atoms with E-state index in [0.29, 0.717) is 12.6 Å². The van der Waals surface area contributed by atoms with Crippen molar-refractivity contribution in [3.8, 4) is 0 Å². The van der Waals surface area contributed by atoms with Gasteiger partial charge in [-0.3, -0.25) is 0 Å². The van der Waals surface area contributed by atoms with Crippen LogP contribution < -0.4 is 5.32 Å². The van der Waals surface area contributed by atoms with Gasteiger partial charge in [0, 0.05) is 31.8 Å². The van der Waals surface area contributed by atoms with E-state index in [2.05, 4.69) is 12.2 Å². The van der Waals surface area contributed by atoms with Gasteiger partial charge in [-0.25, -0.2) is 0 Å². The smallest absolute Gasteiger partial charge is 0.173 e. The molecule has 0 saturated carbocycles. The van der Waals surface area contributed by atoms with E-state index in [1.165, 1.54) is 0 Å². The molecule has 3 heterocycles. The van der Waals surface area contributed by atoms with Crippen LogP contribution in [-0.2, 0) is 20.6 Å². The van der Waals surface area contributed by atoms with Gasteiger partial charge in [-0.15, -0.1) is 0 Å². The van der Waals surface area contributed by atoms with Crippen molar-refractivity contribution in [1.82, 2.24) is 5.32 Å². The van der Waals surface area contributed by atoms with Crippen LogP contribution in [0.5, 0.6) is 0 Å². The van der Waals surface area contributed by atoms with Crippen molar-refractivity contribution < 1.29 is 18.6 Å². The van der Waals surface area contributed by atoms with Crippen LogP contribution in [0.2, 0.25) is 0 Å². The summed E-state index contributed by atoms with van der Waals surface area (Å²) in [7, 11) is 0. The highest BCUT2D eigenvalue weighted by Gasteiger charge is 2.42. The second kappa shape index (κ2) is 6.92. The summed E-state index contributed by atoms with van der Waals surface area (Å²) in [5, 5.41) is 3.53. The lowest BCUT2D eigenvalue weighted by atomic mass is 10.1. The summed E-state index contributed by atoms with van der Waals surface area (Å²) < 4.78 is 22.7. The van der Waals surface area contributed by atoms with Crippen LogP contribution in [0.1, 0.15) is 31.9 Å². The zero-order valence-corrected chi connectivity index (χ0v) is 12.7. The van der Waals surface area contributed by atoms with Crippen molar-refractivity contribution in [3.63, 3.8) is 0 Å². The average molecular weight is 295 g/mol. The molecule has 118 valence electrons. The molecule has 2 atom stereocenters. The van der Waals surface area contributed by atoms with E-state index in [4.69, 9.17) is 18.6 Å². The van der Waals surface area contributed by atoms with Gasteiger partial charge in [0.05, 0.1) is 32.2 Å². The van der Waals surface area contributed by atoms with Crippen LogP contribution in [0.15, 0.2) is 22.8 Å². The lowest BCUT2D eigenvalue weighted by molar-refractivity contribution is -0.210. The van der Waals surface area contributed by atoms with Gasteiger partial charge < -0.3 is 23.9 Å². The van der Waals surface area contributed by atoms with Gasteiger partial charge in [0.2, 0.25) is 0 Å². The Morgan fingerprint density at radius 3 is 3.00 bits per heavy atom. The summed E-state index contributed by atoms with van der Waals surface area (Å²) >= 11 is 0. The van der Waals surface area contributed by atoms with Crippen molar-refractivity contribution in [3.05, 3.63) is 24.2 Å². The molecular weight excluding hydrogens is 270 g/mol. The molecule has 1 N–H and O–H groups in total. The molecule has 3 rings (SSSR count). The molecule has 1 aromatic rings. The molecule has 0 aliphatic carbocycles. The fourth-order valence-electron chi connectivity index (χ4n) is 2.91. The van der Waals surface area contributed by atoms with Crippen LogP contribution in [-0.4, -0.2) is 44.3 Å². The molecule has 0 bridgehead atoms. The minimum atomic E-state index is -0.373. The molecule has 1 aromatic heterocycles. The molecule has 2 saturated heterocycles. The minimum absolute atomic E-state index is 0.147. The van der Waals surface area contributed by atoms with E-state index in [0.717, 1.165) is 51.2 Å². The Hall–Kier alpha value is -0.880. The fourth-order valence-corrected chi connectivity index (χ4v) is 2.91. The predicted molar refractivity (Wildman–Crippen MR) is 78.1 cm³/mol. The first-order valence-electron chi connectivity index (χ1n) is 7.91. The first-order chi connectivity index (χ1) is 10.3. The summed E-state index contributed by atoms with van der Waals surface area (Å²) in [6.45, 7) is 5.18. The van der Waals surface area contributed by atoms with E-state index < -0.39 is 0 Å². The topological polar surface area (TPSA) is 52.9 Å². The Morgan fingerprint density at radius 2 is 2.24 bits per heavy atom. The van der Waals surface area contributed by atoms with Crippen molar-refractivity contribution in [2.24, 2.45) is 0 Å². The summed E-state index contributed by atoms with van der Waals surface area (Å²) in [5.41, 5.74) is 0. The normalized spacial score (nSPS) is 26.2. The standard InChI is InChI=1S/C16H25NO4/c1-13(4-5-14-3-2-8-19-14)17-11-15-12-20-16(21-15)6-9-18-10-7-16/h2-3,8,13,15,17H,4-7,9-12H2,1H3. The zero-order valence-electron chi connectivity index (χ0n) is 12.7. The van der Waals surface area contributed by atoms with Crippen LogP contribution >= 0.6 is 0 Å². The third-order valence-electron chi connectivity index (χ3n) is 4.27. The average Bonchev–Trinajstić information content (AvgIpc) is 3.14. The number of nitrogens with one attached hydrogen (secondary N) is 1. The van der Waals surface area contributed by atoms with Gasteiger partial charge in [0.15, 0.2) is 5.79 Å². The number of furan rings is 1. The summed E-state index contributed by atoms with van der Waals surface area (Å²) in [5.74, 6) is 0.674. The Bertz CT molecular complexity index is 414. The molecular formula is C16H25NO4. The lowest BCUT2D eigenvalue weighted by Crippen LogP contribution is -2.40.